The summed E-state index contributed by atoms with van der Waals surface area (Å²) in [6.45, 7) is 4.57. The first-order valence-corrected chi connectivity index (χ1v) is 5.90. The molecule has 4 heterocycles. The first-order valence-electron chi connectivity index (χ1n) is 5.90. The molecule has 3 aromatic heterocycles. The zero-order chi connectivity index (χ0) is 11.6. The predicted molar refractivity (Wildman–Crippen MR) is 68.1 cm³/mol. The zero-order valence-corrected chi connectivity index (χ0v) is 9.94. The van der Waals surface area contributed by atoms with Crippen LogP contribution >= 0.6 is 0 Å². The van der Waals surface area contributed by atoms with Crippen molar-refractivity contribution in [3.05, 3.63) is 36.4 Å². The monoisotopic (exact) mass is 223 g/mol. The van der Waals surface area contributed by atoms with Crippen LogP contribution in [-0.2, 0) is 12.0 Å². The van der Waals surface area contributed by atoms with E-state index in [-0.39, 0.29) is 5.54 Å². The number of nitrogens with zero attached hydrogens (tertiary/aromatic N) is 3. The minimum atomic E-state index is 0.132. The van der Waals surface area contributed by atoms with E-state index in [2.05, 4.69) is 34.4 Å². The summed E-state index contributed by atoms with van der Waals surface area (Å²) in [4.78, 5) is 8.60. The minimum Gasteiger partial charge on any atom is -0.334 e. The molecule has 4 rings (SSSR count). The lowest BCUT2D eigenvalue weighted by Gasteiger charge is -2.22. The summed E-state index contributed by atoms with van der Waals surface area (Å²) >= 11 is 0. The molecule has 0 aliphatic carbocycles. The van der Waals surface area contributed by atoms with E-state index in [9.17, 15) is 0 Å². The van der Waals surface area contributed by atoms with Gasteiger partial charge in [-0.05, 0) is 31.9 Å². The van der Waals surface area contributed by atoms with Gasteiger partial charge in [-0.1, -0.05) is 0 Å². The van der Waals surface area contributed by atoms with Crippen LogP contribution in [0.3, 0.4) is 0 Å². The molecule has 0 bridgehead atoms. The van der Waals surface area contributed by atoms with Gasteiger partial charge in [-0.2, -0.15) is 0 Å². The van der Waals surface area contributed by atoms with Gasteiger partial charge in [-0.3, -0.25) is 9.97 Å². The van der Waals surface area contributed by atoms with Crippen molar-refractivity contribution in [1.82, 2.24) is 14.5 Å². The first-order chi connectivity index (χ1) is 8.18. The van der Waals surface area contributed by atoms with Gasteiger partial charge in [-0.15, -0.1) is 0 Å². The Morgan fingerprint density at radius 3 is 2.82 bits per heavy atom. The van der Waals surface area contributed by atoms with Crippen molar-refractivity contribution >= 4 is 21.8 Å². The highest BCUT2D eigenvalue weighted by molar-refractivity contribution is 6.09. The molecule has 0 spiro atoms. The minimum absolute atomic E-state index is 0.132. The molecule has 17 heavy (non-hydrogen) atoms. The smallest absolute Gasteiger partial charge is 0.0561 e. The first kappa shape index (κ1) is 9.16. The van der Waals surface area contributed by atoms with Crippen molar-refractivity contribution in [3.8, 4) is 0 Å². The third-order valence-corrected chi connectivity index (χ3v) is 3.77. The lowest BCUT2D eigenvalue weighted by molar-refractivity contribution is 0.398. The van der Waals surface area contributed by atoms with E-state index in [1.807, 2.05) is 24.8 Å². The van der Waals surface area contributed by atoms with Crippen molar-refractivity contribution < 1.29 is 0 Å². The molecule has 0 unspecified atom stereocenters. The van der Waals surface area contributed by atoms with Crippen LogP contribution in [0.1, 0.15) is 19.4 Å². The summed E-state index contributed by atoms with van der Waals surface area (Å²) in [7, 11) is 0. The topological polar surface area (TPSA) is 30.7 Å². The molecule has 84 valence electrons. The number of hydrogen-bond acceptors (Lipinski definition) is 2. The van der Waals surface area contributed by atoms with E-state index in [4.69, 9.17) is 0 Å². The molecule has 0 atom stereocenters. The highest BCUT2D eigenvalue weighted by atomic mass is 15.1. The molecule has 0 aromatic carbocycles. The number of aromatic nitrogens is 3. The van der Waals surface area contributed by atoms with Crippen LogP contribution in [0.2, 0.25) is 0 Å². The summed E-state index contributed by atoms with van der Waals surface area (Å²) < 4.78 is 2.44. The van der Waals surface area contributed by atoms with Crippen molar-refractivity contribution in [1.29, 1.82) is 0 Å². The highest BCUT2D eigenvalue weighted by Gasteiger charge is 2.33. The predicted octanol–water partition coefficient (Wildman–Crippen LogP) is 2.88. The Hall–Kier alpha value is -1.90. The number of fused-ring (bicyclic) bond motifs is 3. The second kappa shape index (κ2) is 2.67. The summed E-state index contributed by atoms with van der Waals surface area (Å²) in [5, 5.41) is 2.45. The van der Waals surface area contributed by atoms with Gasteiger partial charge < -0.3 is 4.57 Å². The summed E-state index contributed by atoms with van der Waals surface area (Å²) in [5.74, 6) is 0. The molecule has 1 aliphatic heterocycles. The Labute approximate surface area is 99.1 Å². The van der Waals surface area contributed by atoms with Gasteiger partial charge in [0.05, 0.1) is 11.0 Å². The Bertz CT molecular complexity index is 753. The quantitative estimate of drug-likeness (QED) is 0.586. The van der Waals surface area contributed by atoms with Crippen molar-refractivity contribution in [3.63, 3.8) is 0 Å². The van der Waals surface area contributed by atoms with Crippen molar-refractivity contribution in [2.24, 2.45) is 0 Å². The van der Waals surface area contributed by atoms with E-state index in [1.165, 1.54) is 27.4 Å². The molecule has 0 amide bonds. The van der Waals surface area contributed by atoms with Crippen LogP contribution in [0.25, 0.3) is 21.8 Å². The average molecular weight is 223 g/mol. The van der Waals surface area contributed by atoms with E-state index in [1.54, 1.807) is 0 Å². The molecule has 3 aromatic rings. The molecule has 0 radical (unpaired) electrons. The second-order valence-corrected chi connectivity index (χ2v) is 5.41. The zero-order valence-electron chi connectivity index (χ0n) is 9.94. The molecule has 1 aliphatic rings. The van der Waals surface area contributed by atoms with Crippen LogP contribution in [-0.4, -0.2) is 14.5 Å². The Morgan fingerprint density at radius 2 is 1.94 bits per heavy atom. The molecular formula is C14H13N3. The van der Waals surface area contributed by atoms with E-state index in [0.29, 0.717) is 0 Å². The SMILES string of the molecule is CC1(C)Cc2cncc3c4cnccc4n1c23. The van der Waals surface area contributed by atoms with Gasteiger partial charge in [0.1, 0.15) is 0 Å². The maximum absolute atomic E-state index is 4.36. The number of rotatable bonds is 0. The largest absolute Gasteiger partial charge is 0.334 e. The van der Waals surface area contributed by atoms with Crippen LogP contribution in [0.4, 0.5) is 0 Å². The second-order valence-electron chi connectivity index (χ2n) is 5.41. The van der Waals surface area contributed by atoms with E-state index < -0.39 is 0 Å². The lowest BCUT2D eigenvalue weighted by atomic mass is 9.99. The fraction of sp³-hybridized carbons (Fsp3) is 0.286. The van der Waals surface area contributed by atoms with Crippen molar-refractivity contribution in [2.75, 3.05) is 0 Å². The Morgan fingerprint density at radius 1 is 1.12 bits per heavy atom. The van der Waals surface area contributed by atoms with Crippen LogP contribution in [0, 0.1) is 0 Å². The molecule has 3 nitrogen and oxygen atoms in total. The third kappa shape index (κ3) is 0.971. The molecule has 0 saturated carbocycles. The molecular weight excluding hydrogens is 210 g/mol. The summed E-state index contributed by atoms with van der Waals surface area (Å²) in [6.07, 6.45) is 8.83. The fourth-order valence-corrected chi connectivity index (χ4v) is 3.17. The maximum atomic E-state index is 4.36. The van der Waals surface area contributed by atoms with Crippen LogP contribution < -0.4 is 0 Å². The molecule has 0 N–H and O–H groups in total. The van der Waals surface area contributed by atoms with Gasteiger partial charge in [0.2, 0.25) is 0 Å². The van der Waals surface area contributed by atoms with Crippen LogP contribution in [0.5, 0.6) is 0 Å². The molecule has 3 heteroatoms. The third-order valence-electron chi connectivity index (χ3n) is 3.77. The summed E-state index contributed by atoms with van der Waals surface area (Å²) in [6, 6.07) is 2.10. The summed E-state index contributed by atoms with van der Waals surface area (Å²) in [5.41, 5.74) is 4.09. The van der Waals surface area contributed by atoms with Gasteiger partial charge >= 0.3 is 0 Å². The normalized spacial score (nSPS) is 17.1. The van der Waals surface area contributed by atoms with E-state index in [0.717, 1.165) is 6.42 Å². The van der Waals surface area contributed by atoms with E-state index >= 15 is 0 Å². The molecule has 0 fully saturated rings. The van der Waals surface area contributed by atoms with Gasteiger partial charge in [0.25, 0.3) is 0 Å². The Kier molecular flexibility index (Phi) is 1.44. The Balaban J connectivity index is 2.37. The lowest BCUT2D eigenvalue weighted by Crippen LogP contribution is -2.23. The highest BCUT2D eigenvalue weighted by Crippen LogP contribution is 2.41. The van der Waals surface area contributed by atoms with Crippen LogP contribution in [0.15, 0.2) is 30.9 Å². The van der Waals surface area contributed by atoms with Gasteiger partial charge in [0, 0.05) is 41.1 Å². The van der Waals surface area contributed by atoms with Gasteiger partial charge in [0.15, 0.2) is 0 Å². The molecule has 0 saturated heterocycles. The fourth-order valence-electron chi connectivity index (χ4n) is 3.17. The standard InChI is InChI=1S/C14H13N3/c1-14(2)5-9-6-16-8-11-10-7-15-4-3-12(10)17(14)13(9)11/h3-4,6-8H,5H2,1-2H3. The van der Waals surface area contributed by atoms with Gasteiger partial charge in [-0.25, -0.2) is 0 Å². The van der Waals surface area contributed by atoms with Crippen molar-refractivity contribution in [2.45, 2.75) is 25.8 Å². The maximum Gasteiger partial charge on any atom is 0.0561 e. The number of pyridine rings is 2. The average Bonchev–Trinajstić information content (AvgIpc) is 2.78. The number of hydrogen-bond donors (Lipinski definition) is 0.